The zero-order valence-corrected chi connectivity index (χ0v) is 14.4. The highest BCUT2D eigenvalue weighted by Crippen LogP contribution is 2.27. The number of non-ortho nitro benzene ring substituents is 1. The highest BCUT2D eigenvalue weighted by atomic mass is 16.6. The van der Waals surface area contributed by atoms with Gasteiger partial charge in [-0.3, -0.25) is 10.1 Å². The van der Waals surface area contributed by atoms with E-state index in [0.29, 0.717) is 5.75 Å². The van der Waals surface area contributed by atoms with Gasteiger partial charge in [-0.2, -0.15) is 0 Å². The van der Waals surface area contributed by atoms with Gasteiger partial charge in [-0.05, 0) is 49.6 Å². The summed E-state index contributed by atoms with van der Waals surface area (Å²) in [5, 5.41) is 11.2. The third-order valence-electron chi connectivity index (χ3n) is 4.21. The number of rotatable bonds is 3. The van der Waals surface area contributed by atoms with Crippen LogP contribution >= 0.6 is 0 Å². The topological polar surface area (TPSA) is 99.7 Å². The number of aryl methyl sites for hydroxylation is 2. The molecule has 7 nitrogen and oxygen atoms in total. The average molecular weight is 353 g/mol. The monoisotopic (exact) mass is 353 g/mol. The third-order valence-corrected chi connectivity index (χ3v) is 4.21. The summed E-state index contributed by atoms with van der Waals surface area (Å²) in [6, 6.07) is 8.75. The van der Waals surface area contributed by atoms with E-state index < -0.39 is 16.5 Å². The molecule has 0 spiro atoms. The summed E-state index contributed by atoms with van der Waals surface area (Å²) in [6.45, 7) is 5.49. The standard InChI is InChI=1S/C19H15NO6/c1-10-4-5-11(2)17(12(10)3)26-19(22)15-9-13-8-14(20(23)24)6-7-16(13)25-18(15)21/h4-9H,1-3H3. The second-order valence-electron chi connectivity index (χ2n) is 5.97. The van der Waals surface area contributed by atoms with Crippen LogP contribution in [0, 0.1) is 30.9 Å². The normalized spacial score (nSPS) is 10.7. The molecule has 0 amide bonds. The summed E-state index contributed by atoms with van der Waals surface area (Å²) in [7, 11) is 0. The van der Waals surface area contributed by atoms with Gasteiger partial charge >= 0.3 is 11.6 Å². The van der Waals surface area contributed by atoms with Crippen LogP contribution in [-0.2, 0) is 0 Å². The smallest absolute Gasteiger partial charge is 0.351 e. The van der Waals surface area contributed by atoms with E-state index in [1.54, 1.807) is 6.92 Å². The predicted molar refractivity (Wildman–Crippen MR) is 94.7 cm³/mol. The van der Waals surface area contributed by atoms with E-state index in [1.807, 2.05) is 26.0 Å². The molecule has 3 aromatic rings. The minimum atomic E-state index is -0.871. The Morgan fingerprint density at radius 3 is 2.46 bits per heavy atom. The molecule has 1 aromatic heterocycles. The van der Waals surface area contributed by atoms with Crippen LogP contribution in [0.15, 0.2) is 45.6 Å². The van der Waals surface area contributed by atoms with Crippen LogP contribution < -0.4 is 10.4 Å². The van der Waals surface area contributed by atoms with Crippen LogP contribution in [0.25, 0.3) is 11.0 Å². The maximum absolute atomic E-state index is 12.5. The van der Waals surface area contributed by atoms with Crippen LogP contribution in [0.4, 0.5) is 5.69 Å². The van der Waals surface area contributed by atoms with Crippen molar-refractivity contribution in [2.45, 2.75) is 20.8 Å². The average Bonchev–Trinajstić information content (AvgIpc) is 2.60. The number of benzene rings is 2. The van der Waals surface area contributed by atoms with E-state index >= 15 is 0 Å². The fourth-order valence-electron chi connectivity index (χ4n) is 2.60. The first-order valence-corrected chi connectivity index (χ1v) is 7.79. The maximum Gasteiger partial charge on any atom is 0.351 e. The van der Waals surface area contributed by atoms with Gasteiger partial charge in [-0.1, -0.05) is 12.1 Å². The van der Waals surface area contributed by atoms with Gasteiger partial charge in [0.2, 0.25) is 0 Å². The molecule has 26 heavy (non-hydrogen) atoms. The molecule has 3 rings (SSSR count). The largest absolute Gasteiger partial charge is 0.422 e. The summed E-state index contributed by atoms with van der Waals surface area (Å²) < 4.78 is 10.5. The number of hydrogen-bond donors (Lipinski definition) is 0. The first-order chi connectivity index (χ1) is 12.3. The Balaban J connectivity index is 2.06. The van der Waals surface area contributed by atoms with Crippen LogP contribution in [-0.4, -0.2) is 10.9 Å². The molecule has 7 heteroatoms. The highest BCUT2D eigenvalue weighted by Gasteiger charge is 2.19. The van der Waals surface area contributed by atoms with E-state index in [1.165, 1.54) is 24.3 Å². The van der Waals surface area contributed by atoms with Gasteiger partial charge < -0.3 is 9.15 Å². The quantitative estimate of drug-likeness (QED) is 0.233. The molecule has 0 atom stereocenters. The van der Waals surface area contributed by atoms with Gasteiger partial charge in [0.15, 0.2) is 0 Å². The lowest BCUT2D eigenvalue weighted by atomic mass is 10.1. The number of ether oxygens (including phenoxy) is 1. The van der Waals surface area contributed by atoms with E-state index in [0.717, 1.165) is 16.7 Å². The first-order valence-electron chi connectivity index (χ1n) is 7.79. The number of nitro benzene ring substituents is 1. The van der Waals surface area contributed by atoms with Gasteiger partial charge in [0.05, 0.1) is 4.92 Å². The second kappa shape index (κ2) is 6.44. The summed E-state index contributed by atoms with van der Waals surface area (Å²) in [5.74, 6) is -0.488. The third kappa shape index (κ3) is 3.06. The molecule has 0 saturated carbocycles. The van der Waals surface area contributed by atoms with E-state index in [-0.39, 0.29) is 22.2 Å². The molecule has 0 bridgehead atoms. The number of nitro groups is 1. The van der Waals surface area contributed by atoms with Crippen molar-refractivity contribution in [1.29, 1.82) is 0 Å². The molecule has 1 heterocycles. The molecule has 0 aliphatic rings. The molecule has 0 N–H and O–H groups in total. The molecule has 0 unspecified atom stereocenters. The molecule has 0 fully saturated rings. The van der Waals surface area contributed by atoms with Crippen molar-refractivity contribution in [2.75, 3.05) is 0 Å². The predicted octanol–water partition coefficient (Wildman–Crippen LogP) is 3.85. The van der Waals surface area contributed by atoms with Crippen molar-refractivity contribution in [1.82, 2.24) is 0 Å². The molecule has 2 aromatic carbocycles. The van der Waals surface area contributed by atoms with Gasteiger partial charge in [-0.25, -0.2) is 9.59 Å². The molecule has 0 radical (unpaired) electrons. The molecule has 0 aliphatic carbocycles. The molecular weight excluding hydrogens is 338 g/mol. The van der Waals surface area contributed by atoms with Crippen molar-refractivity contribution < 1.29 is 18.9 Å². The minimum Gasteiger partial charge on any atom is -0.422 e. The number of carbonyl (C=O) groups is 1. The van der Waals surface area contributed by atoms with Gasteiger partial charge in [-0.15, -0.1) is 0 Å². The molecule has 0 saturated heterocycles. The molecular formula is C19H15NO6. The summed E-state index contributed by atoms with van der Waals surface area (Å²) in [6.07, 6.45) is 0. The number of esters is 1. The summed E-state index contributed by atoms with van der Waals surface area (Å²) >= 11 is 0. The zero-order valence-electron chi connectivity index (χ0n) is 14.4. The van der Waals surface area contributed by atoms with Gasteiger partial charge in [0, 0.05) is 17.5 Å². The van der Waals surface area contributed by atoms with Crippen LogP contribution in [0.1, 0.15) is 27.0 Å². The lowest BCUT2D eigenvalue weighted by Gasteiger charge is -2.12. The van der Waals surface area contributed by atoms with Crippen molar-refractivity contribution >= 4 is 22.6 Å². The summed E-state index contributed by atoms with van der Waals surface area (Å²) in [4.78, 5) is 34.9. The second-order valence-corrected chi connectivity index (χ2v) is 5.97. The van der Waals surface area contributed by atoms with Crippen LogP contribution in [0.3, 0.4) is 0 Å². The fraction of sp³-hybridized carbons (Fsp3) is 0.158. The lowest BCUT2D eigenvalue weighted by molar-refractivity contribution is -0.384. The Bertz CT molecular complexity index is 1110. The molecule has 0 aliphatic heterocycles. The minimum absolute atomic E-state index is 0.153. The Hall–Kier alpha value is -3.48. The first kappa shape index (κ1) is 17.3. The van der Waals surface area contributed by atoms with Crippen molar-refractivity contribution in [3.05, 3.63) is 79.2 Å². The molecule has 132 valence electrons. The van der Waals surface area contributed by atoms with Crippen LogP contribution in [0.5, 0.6) is 5.75 Å². The lowest BCUT2D eigenvalue weighted by Crippen LogP contribution is -2.19. The van der Waals surface area contributed by atoms with Crippen LogP contribution in [0.2, 0.25) is 0 Å². The van der Waals surface area contributed by atoms with E-state index in [2.05, 4.69) is 0 Å². The highest BCUT2D eigenvalue weighted by molar-refractivity contribution is 5.94. The Labute approximate surface area is 148 Å². The van der Waals surface area contributed by atoms with Crippen molar-refractivity contribution in [3.63, 3.8) is 0 Å². The van der Waals surface area contributed by atoms with Crippen molar-refractivity contribution in [2.24, 2.45) is 0 Å². The van der Waals surface area contributed by atoms with Gasteiger partial charge in [0.1, 0.15) is 16.9 Å². The number of hydrogen-bond acceptors (Lipinski definition) is 6. The zero-order chi connectivity index (χ0) is 19.0. The van der Waals surface area contributed by atoms with E-state index in [9.17, 15) is 19.7 Å². The number of carbonyl (C=O) groups excluding carboxylic acids is 1. The Kier molecular flexibility index (Phi) is 4.29. The number of fused-ring (bicyclic) bond motifs is 1. The fourth-order valence-corrected chi connectivity index (χ4v) is 2.60. The Morgan fingerprint density at radius 2 is 1.77 bits per heavy atom. The van der Waals surface area contributed by atoms with E-state index in [4.69, 9.17) is 9.15 Å². The number of nitrogens with zero attached hydrogens (tertiary/aromatic N) is 1. The SMILES string of the molecule is Cc1ccc(C)c(OC(=O)c2cc3cc([N+](=O)[O-])ccc3oc2=O)c1C. The van der Waals surface area contributed by atoms with Gasteiger partial charge in [0.25, 0.3) is 5.69 Å². The summed E-state index contributed by atoms with van der Waals surface area (Å²) in [5.41, 5.74) is 1.29. The maximum atomic E-state index is 12.5. The van der Waals surface area contributed by atoms with Crippen molar-refractivity contribution in [3.8, 4) is 5.75 Å². The Morgan fingerprint density at radius 1 is 1.08 bits per heavy atom.